The Kier molecular flexibility index (Phi) is 7.62. The van der Waals surface area contributed by atoms with Crippen LogP contribution < -0.4 is 20.1 Å². The zero-order valence-corrected chi connectivity index (χ0v) is 22.8. The predicted molar refractivity (Wildman–Crippen MR) is 149 cm³/mol. The second-order valence-corrected chi connectivity index (χ2v) is 10.0. The average molecular weight is 563 g/mol. The maximum Gasteiger partial charge on any atom is 0.418 e. The molecule has 0 radical (unpaired) electrons. The molecule has 9 heteroatoms. The van der Waals surface area contributed by atoms with E-state index in [-0.39, 0.29) is 29.4 Å². The number of rotatable bonds is 6. The summed E-state index contributed by atoms with van der Waals surface area (Å²) >= 11 is 0. The number of halogens is 3. The van der Waals surface area contributed by atoms with Gasteiger partial charge in [-0.25, -0.2) is 0 Å². The maximum absolute atomic E-state index is 13.9. The second kappa shape index (κ2) is 11.2. The number of carbonyl (C=O) groups excluding carboxylic acids is 2. The van der Waals surface area contributed by atoms with Gasteiger partial charge in [-0.2, -0.15) is 13.2 Å². The Morgan fingerprint density at radius 3 is 2.32 bits per heavy atom. The van der Waals surface area contributed by atoms with Crippen molar-refractivity contribution in [1.82, 2.24) is 5.32 Å². The molecule has 1 aliphatic heterocycles. The van der Waals surface area contributed by atoms with Crippen LogP contribution in [0.15, 0.2) is 95.3 Å². The number of ketones is 1. The quantitative estimate of drug-likeness (QED) is 0.349. The van der Waals surface area contributed by atoms with Crippen LogP contribution in [0, 0.1) is 0 Å². The first-order valence-electron chi connectivity index (χ1n) is 13.1. The number of ether oxygens (including phenoxy) is 2. The number of methoxy groups -OCH3 is 2. The van der Waals surface area contributed by atoms with E-state index in [0.717, 1.165) is 11.6 Å². The Morgan fingerprint density at radius 1 is 0.927 bits per heavy atom. The summed E-state index contributed by atoms with van der Waals surface area (Å²) in [5, 5.41) is 5.72. The molecule has 0 saturated carbocycles. The lowest BCUT2D eigenvalue weighted by atomic mass is 9.71. The number of benzene rings is 3. The maximum atomic E-state index is 13.9. The predicted octanol–water partition coefficient (Wildman–Crippen LogP) is 6.72. The fourth-order valence-corrected chi connectivity index (χ4v) is 5.78. The minimum absolute atomic E-state index is 0.0651. The van der Waals surface area contributed by atoms with E-state index in [1.165, 1.54) is 32.4 Å². The molecular formula is C32H29F3N2O4. The average Bonchev–Trinajstić information content (AvgIpc) is 2.95. The molecule has 5 rings (SSSR count). The lowest BCUT2D eigenvalue weighted by Crippen LogP contribution is -2.37. The van der Waals surface area contributed by atoms with Crippen molar-refractivity contribution in [2.45, 2.75) is 37.8 Å². The van der Waals surface area contributed by atoms with Gasteiger partial charge in [0, 0.05) is 34.5 Å². The van der Waals surface area contributed by atoms with Crippen LogP contribution in [-0.2, 0) is 15.8 Å². The van der Waals surface area contributed by atoms with Gasteiger partial charge in [0.1, 0.15) is 0 Å². The summed E-state index contributed by atoms with van der Waals surface area (Å²) in [6.07, 6.45) is -3.93. The van der Waals surface area contributed by atoms with E-state index in [1.807, 2.05) is 30.3 Å². The first kappa shape index (κ1) is 28.0. The molecule has 0 bridgehead atoms. The van der Waals surface area contributed by atoms with Crippen LogP contribution in [0.3, 0.4) is 0 Å². The number of alkyl halides is 3. The molecule has 6 nitrogen and oxygen atoms in total. The molecule has 2 aliphatic rings. The van der Waals surface area contributed by atoms with Crippen LogP contribution in [0.2, 0.25) is 0 Å². The molecule has 2 N–H and O–H groups in total. The van der Waals surface area contributed by atoms with Crippen molar-refractivity contribution >= 4 is 17.4 Å². The third-order valence-electron chi connectivity index (χ3n) is 7.57. The first-order valence-corrected chi connectivity index (χ1v) is 13.1. The number of dihydropyridines is 1. The molecule has 0 unspecified atom stereocenters. The van der Waals surface area contributed by atoms with Crippen molar-refractivity contribution in [3.05, 3.63) is 112 Å². The number of hydrogen-bond donors (Lipinski definition) is 2. The highest BCUT2D eigenvalue weighted by Gasteiger charge is 2.43. The Morgan fingerprint density at radius 2 is 1.63 bits per heavy atom. The van der Waals surface area contributed by atoms with Gasteiger partial charge in [0.15, 0.2) is 17.3 Å². The standard InChI is InChI=1S/C32H29F3N2O4/c1-18-27(31(39)37-23-14-8-7-13-22(23)32(33,34)35)28(21-12-9-15-26(40-2)30(21)41-3)29-24(36-18)16-20(17-25(29)38)19-10-5-4-6-11-19/h4-15,20,28,36H,16-17H2,1-3H3,(H,37,39)/t20-,28+/m1/s1. The molecule has 41 heavy (non-hydrogen) atoms. The molecule has 1 amide bonds. The zero-order chi connectivity index (χ0) is 29.3. The summed E-state index contributed by atoms with van der Waals surface area (Å²) in [6.45, 7) is 1.69. The summed E-state index contributed by atoms with van der Waals surface area (Å²) in [4.78, 5) is 27.8. The monoisotopic (exact) mass is 562 g/mol. The fraction of sp³-hybridized carbons (Fsp3) is 0.250. The highest BCUT2D eigenvalue weighted by atomic mass is 19.4. The van der Waals surface area contributed by atoms with E-state index in [9.17, 15) is 22.8 Å². The van der Waals surface area contributed by atoms with Gasteiger partial charge in [-0.15, -0.1) is 0 Å². The van der Waals surface area contributed by atoms with Crippen LogP contribution in [0.4, 0.5) is 18.9 Å². The van der Waals surface area contributed by atoms with Gasteiger partial charge in [0.25, 0.3) is 5.91 Å². The largest absolute Gasteiger partial charge is 0.493 e. The van der Waals surface area contributed by atoms with Gasteiger partial charge in [-0.1, -0.05) is 54.6 Å². The molecule has 0 saturated heterocycles. The molecule has 1 heterocycles. The van der Waals surface area contributed by atoms with Crippen LogP contribution in [0.1, 0.15) is 48.3 Å². The zero-order valence-electron chi connectivity index (χ0n) is 22.8. The number of carbonyl (C=O) groups is 2. The molecule has 0 fully saturated rings. The van der Waals surface area contributed by atoms with E-state index in [2.05, 4.69) is 10.6 Å². The molecule has 212 valence electrons. The van der Waals surface area contributed by atoms with Crippen molar-refractivity contribution in [2.75, 3.05) is 19.5 Å². The van der Waals surface area contributed by atoms with E-state index < -0.39 is 23.6 Å². The number of para-hydroxylation sites is 2. The summed E-state index contributed by atoms with van der Waals surface area (Å²) in [7, 11) is 2.94. The summed E-state index contributed by atoms with van der Waals surface area (Å²) < 4.78 is 52.4. The van der Waals surface area contributed by atoms with Gasteiger partial charge < -0.3 is 20.1 Å². The molecule has 3 aromatic rings. The van der Waals surface area contributed by atoms with E-state index in [0.29, 0.717) is 40.5 Å². The van der Waals surface area contributed by atoms with Crippen LogP contribution in [0.25, 0.3) is 0 Å². The Labute approximate surface area is 235 Å². The lowest BCUT2D eigenvalue weighted by molar-refractivity contribution is -0.137. The molecule has 0 spiro atoms. The van der Waals surface area contributed by atoms with E-state index in [1.54, 1.807) is 25.1 Å². The van der Waals surface area contributed by atoms with Crippen LogP contribution in [0.5, 0.6) is 11.5 Å². The van der Waals surface area contributed by atoms with Gasteiger partial charge >= 0.3 is 6.18 Å². The molecule has 3 aromatic carbocycles. The van der Waals surface area contributed by atoms with Crippen molar-refractivity contribution in [1.29, 1.82) is 0 Å². The molecule has 0 aromatic heterocycles. The topological polar surface area (TPSA) is 76.7 Å². The van der Waals surface area contributed by atoms with Crippen molar-refractivity contribution in [3.63, 3.8) is 0 Å². The second-order valence-electron chi connectivity index (χ2n) is 10.0. The minimum atomic E-state index is -4.67. The summed E-state index contributed by atoms with van der Waals surface area (Å²) in [6, 6.07) is 19.7. The normalized spacial score (nSPS) is 18.9. The van der Waals surface area contributed by atoms with E-state index in [4.69, 9.17) is 9.47 Å². The molecule has 2 atom stereocenters. The lowest BCUT2D eigenvalue weighted by Gasteiger charge is -2.37. The van der Waals surface area contributed by atoms with Crippen molar-refractivity contribution in [3.8, 4) is 11.5 Å². The smallest absolute Gasteiger partial charge is 0.418 e. The number of hydrogen-bond acceptors (Lipinski definition) is 5. The number of allylic oxidation sites excluding steroid dienone is 3. The van der Waals surface area contributed by atoms with E-state index >= 15 is 0 Å². The number of nitrogens with one attached hydrogen (secondary N) is 2. The Hall–Kier alpha value is -4.53. The van der Waals surface area contributed by atoms with Crippen LogP contribution in [-0.4, -0.2) is 25.9 Å². The molecular weight excluding hydrogens is 533 g/mol. The van der Waals surface area contributed by atoms with Gasteiger partial charge in [-0.3, -0.25) is 9.59 Å². The first-order chi connectivity index (χ1) is 19.6. The SMILES string of the molecule is COc1cccc([C@H]2C(C(=O)Nc3ccccc3C(F)(F)F)=C(C)NC3=C2C(=O)C[C@H](c2ccccc2)C3)c1OC. The van der Waals surface area contributed by atoms with Gasteiger partial charge in [-0.05, 0) is 43.0 Å². The Balaban J connectivity index is 1.64. The number of amides is 1. The van der Waals surface area contributed by atoms with Crippen molar-refractivity contribution < 1.29 is 32.2 Å². The summed E-state index contributed by atoms with van der Waals surface area (Å²) in [5.41, 5.74) is 1.81. The number of anilines is 1. The highest BCUT2D eigenvalue weighted by molar-refractivity contribution is 6.10. The van der Waals surface area contributed by atoms with Crippen LogP contribution >= 0.6 is 0 Å². The minimum Gasteiger partial charge on any atom is -0.493 e. The van der Waals surface area contributed by atoms with Gasteiger partial charge in [0.05, 0.1) is 31.4 Å². The Bertz CT molecular complexity index is 1560. The highest BCUT2D eigenvalue weighted by Crippen LogP contribution is 2.49. The van der Waals surface area contributed by atoms with Crippen molar-refractivity contribution in [2.24, 2.45) is 0 Å². The molecule has 1 aliphatic carbocycles. The fourth-order valence-electron chi connectivity index (χ4n) is 5.78. The summed E-state index contributed by atoms with van der Waals surface area (Å²) in [5.74, 6) is -1.15. The van der Waals surface area contributed by atoms with Gasteiger partial charge in [0.2, 0.25) is 0 Å². The third kappa shape index (κ3) is 5.31. The third-order valence-corrected chi connectivity index (χ3v) is 7.57. The number of Topliss-reactive ketones (excluding diaryl/α,β-unsaturated/α-hetero) is 1.